The highest BCUT2D eigenvalue weighted by Crippen LogP contribution is 2.27. The van der Waals surface area contributed by atoms with Gasteiger partial charge in [0.15, 0.2) is 18.1 Å². The molecule has 2 aromatic carbocycles. The second-order valence-electron chi connectivity index (χ2n) is 5.98. The van der Waals surface area contributed by atoms with Gasteiger partial charge in [-0.1, -0.05) is 25.1 Å². The fourth-order valence-electron chi connectivity index (χ4n) is 2.55. The zero-order valence-electron chi connectivity index (χ0n) is 16.6. The van der Waals surface area contributed by atoms with Crippen LogP contribution >= 0.6 is 0 Å². The molecule has 0 aliphatic rings. The molecule has 0 fully saturated rings. The molecule has 2 amide bonds. The normalized spacial score (nSPS) is 10.0. The molecule has 0 atom stereocenters. The number of methoxy groups -OCH3 is 2. The highest BCUT2D eigenvalue weighted by molar-refractivity contribution is 5.96. The summed E-state index contributed by atoms with van der Waals surface area (Å²) in [5.74, 6) is -0.807. The standard InChI is InChI=1S/C21H24N2O6/c1-4-14-7-5-6-8-16(14)23-19(24)12-22-20(25)13-29-21(26)15-9-10-17(27-2)18(11-15)28-3/h5-11H,4,12-13H2,1-3H3,(H,22,25)(H,23,24). The first-order valence-corrected chi connectivity index (χ1v) is 9.02. The lowest BCUT2D eigenvalue weighted by Crippen LogP contribution is -2.35. The first kappa shape index (κ1) is 21.7. The Balaban J connectivity index is 1.80. The average Bonchev–Trinajstić information content (AvgIpc) is 2.75. The number of nitrogens with one attached hydrogen (secondary N) is 2. The maximum absolute atomic E-state index is 12.1. The van der Waals surface area contributed by atoms with Gasteiger partial charge in [-0.15, -0.1) is 0 Å². The van der Waals surface area contributed by atoms with Crippen molar-refractivity contribution in [2.45, 2.75) is 13.3 Å². The van der Waals surface area contributed by atoms with Crippen LogP contribution in [0, 0.1) is 0 Å². The topological polar surface area (TPSA) is 103 Å². The van der Waals surface area contributed by atoms with Crippen LogP contribution in [0.1, 0.15) is 22.8 Å². The minimum atomic E-state index is -0.692. The minimum Gasteiger partial charge on any atom is -0.493 e. The number of carbonyl (C=O) groups excluding carboxylic acids is 3. The van der Waals surface area contributed by atoms with Crippen LogP contribution in [0.4, 0.5) is 5.69 Å². The molecular weight excluding hydrogens is 376 g/mol. The molecule has 0 unspecified atom stereocenters. The van der Waals surface area contributed by atoms with Crippen molar-refractivity contribution >= 4 is 23.5 Å². The summed E-state index contributed by atoms with van der Waals surface area (Å²) in [6, 6.07) is 11.9. The van der Waals surface area contributed by atoms with E-state index in [1.54, 1.807) is 12.1 Å². The van der Waals surface area contributed by atoms with Crippen molar-refractivity contribution in [2.75, 3.05) is 32.7 Å². The molecule has 0 bridgehead atoms. The van der Waals surface area contributed by atoms with Crippen LogP contribution in [0.25, 0.3) is 0 Å². The number of aryl methyl sites for hydroxylation is 1. The molecule has 0 heterocycles. The maximum Gasteiger partial charge on any atom is 0.338 e. The fourth-order valence-corrected chi connectivity index (χ4v) is 2.55. The smallest absolute Gasteiger partial charge is 0.338 e. The Labute approximate surface area is 169 Å². The van der Waals surface area contributed by atoms with E-state index in [1.165, 1.54) is 26.4 Å². The van der Waals surface area contributed by atoms with E-state index in [-0.39, 0.29) is 18.0 Å². The van der Waals surface area contributed by atoms with Gasteiger partial charge in [-0.2, -0.15) is 0 Å². The van der Waals surface area contributed by atoms with E-state index in [0.29, 0.717) is 17.2 Å². The van der Waals surface area contributed by atoms with Gasteiger partial charge in [0.25, 0.3) is 5.91 Å². The summed E-state index contributed by atoms with van der Waals surface area (Å²) in [6.45, 7) is 1.25. The third-order valence-electron chi connectivity index (χ3n) is 4.07. The quantitative estimate of drug-likeness (QED) is 0.626. The predicted octanol–water partition coefficient (Wildman–Crippen LogP) is 2.18. The summed E-state index contributed by atoms with van der Waals surface area (Å²) >= 11 is 0. The van der Waals surface area contributed by atoms with Gasteiger partial charge in [0, 0.05) is 5.69 Å². The second-order valence-corrected chi connectivity index (χ2v) is 5.98. The number of amides is 2. The first-order valence-electron chi connectivity index (χ1n) is 9.02. The molecule has 0 saturated heterocycles. The molecule has 0 aliphatic carbocycles. The lowest BCUT2D eigenvalue weighted by molar-refractivity contribution is -0.126. The maximum atomic E-state index is 12.1. The van der Waals surface area contributed by atoms with E-state index in [9.17, 15) is 14.4 Å². The van der Waals surface area contributed by atoms with E-state index >= 15 is 0 Å². The fraction of sp³-hybridized carbons (Fsp3) is 0.286. The van der Waals surface area contributed by atoms with E-state index in [4.69, 9.17) is 14.2 Å². The van der Waals surface area contributed by atoms with Crippen LogP contribution in [0.3, 0.4) is 0 Å². The Kier molecular flexibility index (Phi) is 8.02. The lowest BCUT2D eigenvalue weighted by atomic mass is 10.1. The van der Waals surface area contributed by atoms with E-state index < -0.39 is 18.5 Å². The number of hydrogen-bond donors (Lipinski definition) is 2. The Morgan fingerprint density at radius 1 is 0.931 bits per heavy atom. The van der Waals surface area contributed by atoms with Gasteiger partial charge in [-0.3, -0.25) is 9.59 Å². The van der Waals surface area contributed by atoms with Crippen molar-refractivity contribution in [2.24, 2.45) is 0 Å². The van der Waals surface area contributed by atoms with E-state index in [1.807, 2.05) is 25.1 Å². The number of anilines is 1. The summed E-state index contributed by atoms with van der Waals surface area (Å²) in [5.41, 5.74) is 1.91. The third-order valence-corrected chi connectivity index (χ3v) is 4.07. The summed E-state index contributed by atoms with van der Waals surface area (Å²) in [6.07, 6.45) is 0.773. The van der Waals surface area contributed by atoms with Gasteiger partial charge >= 0.3 is 5.97 Å². The van der Waals surface area contributed by atoms with E-state index in [0.717, 1.165) is 12.0 Å². The molecule has 2 aromatic rings. The minimum absolute atomic E-state index is 0.212. The number of esters is 1. The largest absolute Gasteiger partial charge is 0.493 e. The molecule has 8 nitrogen and oxygen atoms in total. The Morgan fingerprint density at radius 3 is 2.34 bits per heavy atom. The Bertz CT molecular complexity index is 881. The first-order chi connectivity index (χ1) is 14.0. The monoisotopic (exact) mass is 400 g/mol. The molecular formula is C21H24N2O6. The van der Waals surface area contributed by atoms with Crippen LogP contribution in [0.2, 0.25) is 0 Å². The number of para-hydroxylation sites is 1. The molecule has 0 saturated carbocycles. The number of hydrogen-bond acceptors (Lipinski definition) is 6. The highest BCUT2D eigenvalue weighted by Gasteiger charge is 2.14. The van der Waals surface area contributed by atoms with Gasteiger partial charge in [0.2, 0.25) is 5.91 Å². The molecule has 154 valence electrons. The van der Waals surface area contributed by atoms with Gasteiger partial charge in [0.1, 0.15) is 0 Å². The molecule has 0 radical (unpaired) electrons. The van der Waals surface area contributed by atoms with Crippen LogP contribution < -0.4 is 20.1 Å². The summed E-state index contributed by atoms with van der Waals surface area (Å²) in [7, 11) is 2.93. The zero-order chi connectivity index (χ0) is 21.2. The van der Waals surface area contributed by atoms with Gasteiger partial charge in [-0.25, -0.2) is 4.79 Å². The van der Waals surface area contributed by atoms with Crippen molar-refractivity contribution in [3.8, 4) is 11.5 Å². The Hall–Kier alpha value is -3.55. The lowest BCUT2D eigenvalue weighted by Gasteiger charge is -2.11. The van der Waals surface area contributed by atoms with Gasteiger partial charge in [0.05, 0.1) is 26.3 Å². The van der Waals surface area contributed by atoms with Crippen LogP contribution in [-0.2, 0) is 20.7 Å². The van der Waals surface area contributed by atoms with Crippen LogP contribution in [-0.4, -0.2) is 45.2 Å². The summed E-state index contributed by atoms with van der Waals surface area (Å²) < 4.78 is 15.2. The van der Waals surface area contributed by atoms with Gasteiger partial charge < -0.3 is 24.8 Å². The predicted molar refractivity (Wildman–Crippen MR) is 107 cm³/mol. The van der Waals surface area contributed by atoms with Crippen molar-refractivity contribution in [1.29, 1.82) is 0 Å². The number of rotatable bonds is 9. The average molecular weight is 400 g/mol. The second kappa shape index (κ2) is 10.7. The van der Waals surface area contributed by atoms with Crippen LogP contribution in [0.5, 0.6) is 11.5 Å². The van der Waals surface area contributed by atoms with Crippen LogP contribution in [0.15, 0.2) is 42.5 Å². The van der Waals surface area contributed by atoms with Crippen molar-refractivity contribution in [1.82, 2.24) is 5.32 Å². The number of ether oxygens (including phenoxy) is 3. The highest BCUT2D eigenvalue weighted by atomic mass is 16.5. The van der Waals surface area contributed by atoms with Gasteiger partial charge in [-0.05, 0) is 36.2 Å². The molecule has 0 spiro atoms. The molecule has 29 heavy (non-hydrogen) atoms. The molecule has 0 aliphatic heterocycles. The van der Waals surface area contributed by atoms with Crippen molar-refractivity contribution < 1.29 is 28.6 Å². The Morgan fingerprint density at radius 2 is 1.66 bits per heavy atom. The molecule has 2 N–H and O–H groups in total. The molecule has 2 rings (SSSR count). The summed E-state index contributed by atoms with van der Waals surface area (Å²) in [5, 5.41) is 5.16. The summed E-state index contributed by atoms with van der Waals surface area (Å²) in [4.78, 5) is 36.0. The van der Waals surface area contributed by atoms with E-state index in [2.05, 4.69) is 10.6 Å². The third kappa shape index (κ3) is 6.24. The SMILES string of the molecule is CCc1ccccc1NC(=O)CNC(=O)COC(=O)c1ccc(OC)c(OC)c1. The van der Waals surface area contributed by atoms with Crippen molar-refractivity contribution in [3.63, 3.8) is 0 Å². The molecule has 0 aromatic heterocycles. The van der Waals surface area contributed by atoms with Crippen molar-refractivity contribution in [3.05, 3.63) is 53.6 Å². The molecule has 8 heteroatoms. The number of benzene rings is 2. The number of carbonyl (C=O) groups is 3. The zero-order valence-corrected chi connectivity index (χ0v) is 16.6.